The number of nitrogens with two attached hydrogens (primary N) is 2. The summed E-state index contributed by atoms with van der Waals surface area (Å²) in [4.78, 5) is 9.80. The average Bonchev–Trinajstić information content (AvgIpc) is 2.98. The molecule has 2 aromatic rings. The summed E-state index contributed by atoms with van der Waals surface area (Å²) in [5.41, 5.74) is 11.0. The van der Waals surface area contributed by atoms with E-state index in [-0.39, 0.29) is 34.8 Å². The molecule has 12 heteroatoms. The van der Waals surface area contributed by atoms with Gasteiger partial charge in [0, 0.05) is 0 Å². The monoisotopic (exact) mass is 252 g/mol. The molecule has 0 amide bonds. The molecule has 3 rings (SSSR count). The average molecular weight is 252 g/mol. The quantitative estimate of drug-likeness (QED) is 0.652. The molecule has 12 nitrogen and oxygen atoms in total. The van der Waals surface area contributed by atoms with E-state index in [0.717, 1.165) is 0 Å². The molecule has 18 heavy (non-hydrogen) atoms. The Bertz CT molecular complexity index is 585. The van der Waals surface area contributed by atoms with Crippen LogP contribution in [0.5, 0.6) is 0 Å². The van der Waals surface area contributed by atoms with Gasteiger partial charge in [-0.1, -0.05) is 0 Å². The van der Waals surface area contributed by atoms with Crippen LogP contribution in [-0.4, -0.2) is 32.4 Å². The van der Waals surface area contributed by atoms with Gasteiger partial charge in [-0.05, 0) is 30.9 Å². The summed E-state index contributed by atoms with van der Waals surface area (Å²) in [7, 11) is 0. The first kappa shape index (κ1) is 10.0. The molecule has 3 heterocycles. The van der Waals surface area contributed by atoms with Crippen LogP contribution in [0.2, 0.25) is 0 Å². The summed E-state index contributed by atoms with van der Waals surface area (Å²) in [6, 6.07) is 0. The second kappa shape index (κ2) is 3.69. The fraction of sp³-hybridized carbons (Fsp3) is 0. The summed E-state index contributed by atoms with van der Waals surface area (Å²) in [6.45, 7) is 0. The number of rotatable bonds is 2. The number of oxime groups is 2. The maximum Gasteiger partial charge on any atom is 0.317 e. The van der Waals surface area contributed by atoms with E-state index in [1.54, 1.807) is 0 Å². The number of nitrogens with zero attached hydrogens (tertiary/aromatic N) is 6. The number of nitrogen functional groups attached to an aromatic ring is 2. The molecule has 0 saturated carbocycles. The molecule has 0 atom stereocenters. The van der Waals surface area contributed by atoms with Crippen molar-refractivity contribution in [2.45, 2.75) is 0 Å². The molecule has 2 aromatic heterocycles. The Kier molecular flexibility index (Phi) is 2.05. The van der Waals surface area contributed by atoms with Crippen molar-refractivity contribution in [1.82, 2.24) is 20.6 Å². The lowest BCUT2D eigenvalue weighted by molar-refractivity contribution is 0.214. The smallest absolute Gasteiger partial charge is 0.317 e. The Morgan fingerprint density at radius 3 is 1.39 bits per heavy atom. The molecular formula is C6H4N8O4. The molecule has 0 aliphatic carbocycles. The molecule has 0 bridgehead atoms. The standard InChI is InChI=1S/C6H4N8O4/c7-3-1(9-17-11-3)5-13-16-6(14-15-5)2-4(8)12-18-10-2/h(H2,7,11)(H2,8,12). The van der Waals surface area contributed by atoms with Crippen LogP contribution in [-0.2, 0) is 9.68 Å². The molecule has 0 aromatic carbocycles. The highest BCUT2D eigenvalue weighted by Crippen LogP contribution is 2.15. The first-order chi connectivity index (χ1) is 8.75. The van der Waals surface area contributed by atoms with Crippen molar-refractivity contribution < 1.29 is 18.9 Å². The van der Waals surface area contributed by atoms with Crippen molar-refractivity contribution in [3.63, 3.8) is 0 Å². The fourth-order valence-electron chi connectivity index (χ4n) is 1.06. The van der Waals surface area contributed by atoms with Gasteiger partial charge in [0.15, 0.2) is 0 Å². The van der Waals surface area contributed by atoms with Crippen molar-refractivity contribution in [1.29, 1.82) is 0 Å². The molecule has 1 aliphatic rings. The Labute approximate surface area is 97.1 Å². The van der Waals surface area contributed by atoms with E-state index < -0.39 is 0 Å². The van der Waals surface area contributed by atoms with Gasteiger partial charge in [0.1, 0.15) is 0 Å². The summed E-state index contributed by atoms with van der Waals surface area (Å²) < 4.78 is 8.74. The zero-order chi connectivity index (χ0) is 12.5. The summed E-state index contributed by atoms with van der Waals surface area (Å²) >= 11 is 0. The maximum absolute atomic E-state index is 5.44. The molecule has 0 spiro atoms. The zero-order valence-electron chi connectivity index (χ0n) is 8.47. The second-order valence-corrected chi connectivity index (χ2v) is 2.97. The first-order valence-electron chi connectivity index (χ1n) is 4.42. The van der Waals surface area contributed by atoms with E-state index in [1.807, 2.05) is 0 Å². The van der Waals surface area contributed by atoms with Crippen LogP contribution in [0.15, 0.2) is 19.6 Å². The fourth-order valence-corrected chi connectivity index (χ4v) is 1.06. The van der Waals surface area contributed by atoms with Gasteiger partial charge in [0.2, 0.25) is 23.0 Å². The van der Waals surface area contributed by atoms with Crippen LogP contribution in [0.4, 0.5) is 11.6 Å². The van der Waals surface area contributed by atoms with Crippen LogP contribution in [0.1, 0.15) is 11.4 Å². The number of aromatic nitrogens is 4. The van der Waals surface area contributed by atoms with Gasteiger partial charge in [-0.2, -0.15) is 0 Å². The van der Waals surface area contributed by atoms with Crippen LogP contribution >= 0.6 is 0 Å². The Morgan fingerprint density at radius 1 is 0.667 bits per heavy atom. The van der Waals surface area contributed by atoms with Gasteiger partial charge >= 0.3 is 11.8 Å². The predicted molar refractivity (Wildman–Crippen MR) is 52.7 cm³/mol. The minimum Gasteiger partial charge on any atom is -0.379 e. The Balaban J connectivity index is 1.83. The number of hydrogen-bond acceptors (Lipinski definition) is 12. The first-order valence-corrected chi connectivity index (χ1v) is 4.42. The molecule has 0 fully saturated rings. The Morgan fingerprint density at radius 2 is 1.11 bits per heavy atom. The molecule has 1 aliphatic heterocycles. The van der Waals surface area contributed by atoms with Gasteiger partial charge in [-0.25, -0.2) is 9.26 Å². The van der Waals surface area contributed by atoms with Gasteiger partial charge in [0.05, 0.1) is 0 Å². The topological polar surface area (TPSA) is 173 Å². The second-order valence-electron chi connectivity index (χ2n) is 2.97. The van der Waals surface area contributed by atoms with E-state index >= 15 is 0 Å². The van der Waals surface area contributed by atoms with Gasteiger partial charge in [0.25, 0.3) is 0 Å². The van der Waals surface area contributed by atoms with Crippen molar-refractivity contribution in [3.8, 4) is 0 Å². The minimum absolute atomic E-state index is 0.0152. The van der Waals surface area contributed by atoms with Gasteiger partial charge in [-0.3, -0.25) is 0 Å². The normalized spacial score (nSPS) is 14.4. The van der Waals surface area contributed by atoms with Crippen LogP contribution < -0.4 is 11.5 Å². The van der Waals surface area contributed by atoms with Crippen molar-refractivity contribution in [2.24, 2.45) is 10.3 Å². The molecular weight excluding hydrogens is 248 g/mol. The van der Waals surface area contributed by atoms with E-state index in [9.17, 15) is 0 Å². The summed E-state index contributed by atoms with van der Waals surface area (Å²) in [5.74, 6) is -0.266. The third kappa shape index (κ3) is 1.48. The molecule has 0 saturated heterocycles. The van der Waals surface area contributed by atoms with Crippen molar-refractivity contribution in [3.05, 3.63) is 11.4 Å². The van der Waals surface area contributed by atoms with Crippen molar-refractivity contribution in [2.75, 3.05) is 11.5 Å². The van der Waals surface area contributed by atoms with Crippen LogP contribution in [0.25, 0.3) is 0 Å². The largest absolute Gasteiger partial charge is 0.379 e. The van der Waals surface area contributed by atoms with Gasteiger partial charge in [-0.15, -0.1) is 0 Å². The highest BCUT2D eigenvalue weighted by Gasteiger charge is 2.25. The van der Waals surface area contributed by atoms with Crippen molar-refractivity contribution >= 4 is 23.4 Å². The summed E-state index contributed by atoms with van der Waals surface area (Å²) in [5, 5.41) is 20.7. The van der Waals surface area contributed by atoms with Gasteiger partial charge < -0.3 is 21.1 Å². The van der Waals surface area contributed by atoms with E-state index in [4.69, 9.17) is 21.1 Å². The number of anilines is 2. The molecule has 0 radical (unpaired) electrons. The lowest BCUT2D eigenvalue weighted by atomic mass is 10.4. The van der Waals surface area contributed by atoms with E-state index in [1.165, 1.54) is 0 Å². The van der Waals surface area contributed by atoms with Crippen LogP contribution in [0.3, 0.4) is 0 Å². The molecule has 92 valence electrons. The van der Waals surface area contributed by atoms with E-state index in [2.05, 4.69) is 40.2 Å². The third-order valence-electron chi connectivity index (χ3n) is 1.86. The maximum atomic E-state index is 5.44. The van der Waals surface area contributed by atoms with Crippen LogP contribution in [0, 0.1) is 0 Å². The number of hydrogen-bond donors (Lipinski definition) is 2. The SMILES string of the molecule is Nc1nonc1C1=NOC(c2nonc2N)=NO1. The minimum atomic E-state index is -0.118. The molecule has 4 N–H and O–H groups in total. The molecule has 0 unspecified atom stereocenters. The zero-order valence-corrected chi connectivity index (χ0v) is 8.47. The predicted octanol–water partition coefficient (Wildman–Crippen LogP) is -1.31. The Hall–Kier alpha value is -3.18. The van der Waals surface area contributed by atoms with E-state index in [0.29, 0.717) is 0 Å². The lowest BCUT2D eigenvalue weighted by Crippen LogP contribution is -2.17. The lowest BCUT2D eigenvalue weighted by Gasteiger charge is -2.07. The highest BCUT2D eigenvalue weighted by atomic mass is 16.7. The summed E-state index contributed by atoms with van der Waals surface area (Å²) in [6.07, 6.45) is 0. The highest BCUT2D eigenvalue weighted by molar-refractivity contribution is 6.01. The third-order valence-corrected chi connectivity index (χ3v) is 1.86.